The Morgan fingerprint density at radius 3 is 1.14 bits per heavy atom. The average molecular weight is 673 g/mol. The first-order chi connectivity index (χ1) is 23.4. The Balaban J connectivity index is 0.000000333. The van der Waals surface area contributed by atoms with E-state index in [0.717, 1.165) is 25.7 Å². The van der Waals surface area contributed by atoms with E-state index in [4.69, 9.17) is 9.47 Å². The molecule has 0 aliphatic carbocycles. The number of carbonyl (C=O) groups is 4. The topological polar surface area (TPSA) is 176 Å². The van der Waals surface area contributed by atoms with Crippen LogP contribution in [0.4, 0.5) is 0 Å². The van der Waals surface area contributed by atoms with E-state index < -0.39 is 11.9 Å². The molecule has 49 heavy (non-hydrogen) atoms. The molecule has 260 valence electrons. The summed E-state index contributed by atoms with van der Waals surface area (Å²) in [5.74, 6) is -1.08. The Morgan fingerprint density at radius 2 is 0.857 bits per heavy atom. The smallest absolute Gasteiger partial charge is 0.339 e. The molecule has 0 spiro atoms. The van der Waals surface area contributed by atoms with Crippen molar-refractivity contribution in [3.63, 3.8) is 0 Å². The van der Waals surface area contributed by atoms with Crippen molar-refractivity contribution in [1.82, 2.24) is 29.7 Å². The second-order valence-corrected chi connectivity index (χ2v) is 10.5. The average Bonchev–Trinajstić information content (AvgIpc) is 3.15. The summed E-state index contributed by atoms with van der Waals surface area (Å²) in [5, 5.41) is 0. The van der Waals surface area contributed by atoms with E-state index in [1.54, 1.807) is 95.5 Å². The normalized spacial score (nSPS) is 10.0. The number of esters is 2. The highest BCUT2D eigenvalue weighted by atomic mass is 16.5. The molecule has 0 aliphatic heterocycles. The number of nitrogens with zero attached hydrogens (tertiary/aromatic N) is 6. The SMILES string of the molecule is CCCCN(CCOC(=O)c1cccnc1)C(=O)c1cccnc1.CCCCN(CCOC(=O)c1cccnc1)C(=O)c1cccnc1.O. The fourth-order valence-electron chi connectivity index (χ4n) is 4.30. The second kappa shape index (κ2) is 22.9. The van der Waals surface area contributed by atoms with Gasteiger partial charge in [-0.25, -0.2) is 9.59 Å². The Bertz CT molecular complexity index is 1410. The summed E-state index contributed by atoms with van der Waals surface area (Å²) in [6.07, 6.45) is 16.2. The lowest BCUT2D eigenvalue weighted by Gasteiger charge is -2.22. The van der Waals surface area contributed by atoms with Crippen molar-refractivity contribution >= 4 is 23.8 Å². The molecule has 0 radical (unpaired) electrons. The molecule has 2 N–H and O–H groups in total. The molecule has 0 unspecified atom stereocenters. The van der Waals surface area contributed by atoms with E-state index in [1.165, 1.54) is 12.4 Å². The van der Waals surface area contributed by atoms with Crippen molar-refractivity contribution in [2.24, 2.45) is 0 Å². The van der Waals surface area contributed by atoms with Crippen LogP contribution in [-0.2, 0) is 9.47 Å². The Morgan fingerprint density at radius 1 is 0.531 bits per heavy atom. The summed E-state index contributed by atoms with van der Waals surface area (Å²) < 4.78 is 10.5. The summed E-state index contributed by atoms with van der Waals surface area (Å²) in [4.78, 5) is 68.0. The third-order valence-corrected chi connectivity index (χ3v) is 6.94. The monoisotopic (exact) mass is 672 g/mol. The molecular formula is C36H44N6O7. The van der Waals surface area contributed by atoms with E-state index in [1.807, 2.05) is 0 Å². The molecule has 4 aromatic heterocycles. The second-order valence-electron chi connectivity index (χ2n) is 10.5. The van der Waals surface area contributed by atoms with Crippen LogP contribution in [-0.4, -0.2) is 98.4 Å². The third kappa shape index (κ3) is 14.0. The van der Waals surface area contributed by atoms with Gasteiger partial charge in [0.05, 0.1) is 35.3 Å². The summed E-state index contributed by atoms with van der Waals surface area (Å²) >= 11 is 0. The largest absolute Gasteiger partial charge is 0.460 e. The lowest BCUT2D eigenvalue weighted by Crippen LogP contribution is -2.35. The molecule has 13 nitrogen and oxygen atoms in total. The molecule has 0 aromatic carbocycles. The van der Waals surface area contributed by atoms with Crippen molar-refractivity contribution in [3.8, 4) is 0 Å². The van der Waals surface area contributed by atoms with Gasteiger partial charge in [-0.3, -0.25) is 29.5 Å². The van der Waals surface area contributed by atoms with E-state index in [-0.39, 0.29) is 30.5 Å². The molecule has 0 fully saturated rings. The number of unbranched alkanes of at least 4 members (excludes halogenated alkanes) is 2. The van der Waals surface area contributed by atoms with Crippen LogP contribution in [0.3, 0.4) is 0 Å². The number of carbonyl (C=O) groups excluding carboxylic acids is 4. The van der Waals surface area contributed by atoms with Gasteiger partial charge in [0.2, 0.25) is 0 Å². The van der Waals surface area contributed by atoms with Crippen LogP contribution >= 0.6 is 0 Å². The first kappa shape index (κ1) is 39.6. The van der Waals surface area contributed by atoms with Crippen molar-refractivity contribution in [1.29, 1.82) is 0 Å². The van der Waals surface area contributed by atoms with Crippen molar-refractivity contribution < 1.29 is 34.1 Å². The van der Waals surface area contributed by atoms with Gasteiger partial charge < -0.3 is 24.7 Å². The standard InChI is InChI=1S/2C18H21N3O3.H2O/c2*1-2-3-10-21(17(22)15-6-4-8-19-13-15)11-12-24-18(23)16-7-5-9-20-14-16;/h2*4-9,13-14H,2-3,10-12H2,1H3;1H2. The number of rotatable bonds is 16. The maximum absolute atomic E-state index is 12.5. The summed E-state index contributed by atoms with van der Waals surface area (Å²) in [5.41, 5.74) is 1.87. The lowest BCUT2D eigenvalue weighted by molar-refractivity contribution is 0.0430. The first-order valence-corrected chi connectivity index (χ1v) is 16.0. The molecule has 4 aromatic rings. The predicted molar refractivity (Wildman–Crippen MR) is 183 cm³/mol. The fraction of sp³-hybridized carbons (Fsp3) is 0.333. The Hall–Kier alpha value is -5.56. The Kier molecular flexibility index (Phi) is 18.5. The highest BCUT2D eigenvalue weighted by Crippen LogP contribution is 2.08. The molecule has 0 atom stereocenters. The van der Waals surface area contributed by atoms with Crippen LogP contribution in [0.1, 0.15) is 81.0 Å². The zero-order chi connectivity index (χ0) is 34.4. The maximum atomic E-state index is 12.5. The van der Waals surface area contributed by atoms with E-state index in [9.17, 15) is 19.2 Å². The molecule has 2 amide bonds. The van der Waals surface area contributed by atoms with Gasteiger partial charge in [-0.2, -0.15) is 0 Å². The lowest BCUT2D eigenvalue weighted by atomic mass is 10.2. The number of ether oxygens (including phenoxy) is 2. The number of pyridine rings is 4. The predicted octanol–water partition coefficient (Wildman–Crippen LogP) is 4.33. The quantitative estimate of drug-likeness (QED) is 0.156. The summed E-state index contributed by atoms with van der Waals surface area (Å²) in [6.45, 7) is 6.35. The van der Waals surface area contributed by atoms with E-state index in [0.29, 0.717) is 48.4 Å². The van der Waals surface area contributed by atoms with Gasteiger partial charge in [0.1, 0.15) is 13.2 Å². The van der Waals surface area contributed by atoms with Gasteiger partial charge in [0.15, 0.2) is 0 Å². The molecule has 0 aliphatic rings. The van der Waals surface area contributed by atoms with E-state index >= 15 is 0 Å². The number of amides is 2. The molecule has 0 saturated carbocycles. The van der Waals surface area contributed by atoms with Crippen LogP contribution < -0.4 is 0 Å². The van der Waals surface area contributed by atoms with Gasteiger partial charge in [-0.1, -0.05) is 26.7 Å². The van der Waals surface area contributed by atoms with Crippen LogP contribution in [0.5, 0.6) is 0 Å². The molecule has 4 heterocycles. The molecule has 0 bridgehead atoms. The third-order valence-electron chi connectivity index (χ3n) is 6.94. The Labute approximate surface area is 286 Å². The number of aromatic nitrogens is 4. The summed E-state index contributed by atoms with van der Waals surface area (Å²) in [7, 11) is 0. The molecule has 4 rings (SSSR count). The minimum Gasteiger partial charge on any atom is -0.460 e. The number of hydrogen-bond donors (Lipinski definition) is 0. The highest BCUT2D eigenvalue weighted by molar-refractivity contribution is 5.94. The highest BCUT2D eigenvalue weighted by Gasteiger charge is 2.18. The molecule has 13 heteroatoms. The van der Waals surface area contributed by atoms with Crippen LogP contribution in [0.2, 0.25) is 0 Å². The van der Waals surface area contributed by atoms with Gasteiger partial charge >= 0.3 is 11.9 Å². The van der Waals surface area contributed by atoms with Gasteiger partial charge in [-0.15, -0.1) is 0 Å². The van der Waals surface area contributed by atoms with Crippen molar-refractivity contribution in [3.05, 3.63) is 120 Å². The van der Waals surface area contributed by atoms with Crippen molar-refractivity contribution in [2.75, 3.05) is 39.4 Å². The maximum Gasteiger partial charge on any atom is 0.339 e. The minimum absolute atomic E-state index is 0. The van der Waals surface area contributed by atoms with Crippen LogP contribution in [0.25, 0.3) is 0 Å². The van der Waals surface area contributed by atoms with Gasteiger partial charge in [0, 0.05) is 62.7 Å². The fourth-order valence-corrected chi connectivity index (χ4v) is 4.30. The minimum atomic E-state index is -0.438. The molecule has 0 saturated heterocycles. The van der Waals surface area contributed by atoms with Gasteiger partial charge in [0.25, 0.3) is 11.8 Å². The zero-order valence-corrected chi connectivity index (χ0v) is 27.9. The molecular weight excluding hydrogens is 628 g/mol. The van der Waals surface area contributed by atoms with Crippen LogP contribution in [0.15, 0.2) is 98.1 Å². The van der Waals surface area contributed by atoms with Crippen LogP contribution in [0, 0.1) is 0 Å². The summed E-state index contributed by atoms with van der Waals surface area (Å²) in [6, 6.07) is 13.6. The first-order valence-electron chi connectivity index (χ1n) is 16.0. The van der Waals surface area contributed by atoms with E-state index in [2.05, 4.69) is 33.8 Å². The number of hydrogen-bond acceptors (Lipinski definition) is 10. The van der Waals surface area contributed by atoms with Gasteiger partial charge in [-0.05, 0) is 61.4 Å². The zero-order valence-electron chi connectivity index (χ0n) is 27.9. The van der Waals surface area contributed by atoms with Crippen molar-refractivity contribution in [2.45, 2.75) is 39.5 Å².